The van der Waals surface area contributed by atoms with Crippen molar-refractivity contribution in [2.24, 2.45) is 0 Å². The molecule has 3 aromatic rings. The number of fused-ring (bicyclic) bond motifs is 1. The van der Waals surface area contributed by atoms with Crippen LogP contribution in [0.2, 0.25) is 0 Å². The third kappa shape index (κ3) is 4.40. The van der Waals surface area contributed by atoms with Crippen molar-refractivity contribution in [3.05, 3.63) is 68.7 Å². The largest absolute Gasteiger partial charge is 0.378 e. The lowest BCUT2D eigenvalue weighted by atomic mass is 9.95. The molecule has 2 N–H and O–H groups in total. The fraction of sp³-hybridized carbons (Fsp3) is 0.273. The molecular weight excluding hydrogens is 512 g/mol. The van der Waals surface area contributed by atoms with Crippen LogP contribution in [0.5, 0.6) is 0 Å². The quantitative estimate of drug-likeness (QED) is 0.373. The Hall–Kier alpha value is -3.11. The summed E-state index contributed by atoms with van der Waals surface area (Å²) >= 11 is 9.59. The van der Waals surface area contributed by atoms with E-state index in [-0.39, 0.29) is 12.1 Å². The van der Waals surface area contributed by atoms with Crippen molar-refractivity contribution >= 4 is 55.9 Å². The van der Waals surface area contributed by atoms with Crippen molar-refractivity contribution < 1.29 is 9.59 Å². The van der Waals surface area contributed by atoms with Crippen LogP contribution in [0.1, 0.15) is 17.4 Å². The molecule has 2 amide bonds. The highest BCUT2D eigenvalue weighted by Crippen LogP contribution is 2.37. The monoisotopic (exact) mass is 532 g/mol. The molecular formula is C22H22BrClN6O3. The first-order valence-corrected chi connectivity index (χ1v) is 11.4. The van der Waals surface area contributed by atoms with E-state index in [0.717, 1.165) is 15.7 Å². The van der Waals surface area contributed by atoms with Gasteiger partial charge in [0, 0.05) is 24.3 Å². The van der Waals surface area contributed by atoms with Crippen LogP contribution < -0.4 is 21.3 Å². The van der Waals surface area contributed by atoms with Gasteiger partial charge >= 0.3 is 0 Å². The van der Waals surface area contributed by atoms with Gasteiger partial charge in [-0.25, -0.2) is 14.7 Å². The number of β-lactam (4-membered cyclic amide) rings is 1. The third-order valence-electron chi connectivity index (χ3n) is 5.42. The third-order valence-corrected chi connectivity index (χ3v) is 6.34. The fourth-order valence-electron chi connectivity index (χ4n) is 3.65. The molecule has 1 aliphatic rings. The Balaban J connectivity index is 1.46. The van der Waals surface area contributed by atoms with Gasteiger partial charge in [-0.3, -0.25) is 19.8 Å². The van der Waals surface area contributed by atoms with Gasteiger partial charge in [0.15, 0.2) is 0 Å². The summed E-state index contributed by atoms with van der Waals surface area (Å²) in [5.41, 5.74) is 7.42. The lowest BCUT2D eigenvalue weighted by Crippen LogP contribution is -2.64. The molecule has 0 aliphatic carbocycles. The average molecular weight is 534 g/mol. The summed E-state index contributed by atoms with van der Waals surface area (Å²) in [5, 5.41) is 0.862. The summed E-state index contributed by atoms with van der Waals surface area (Å²) in [6.07, 6.45) is 0. The second-order valence-electron chi connectivity index (χ2n) is 7.87. The highest BCUT2D eigenvalue weighted by molar-refractivity contribution is 9.10. The maximum absolute atomic E-state index is 12.8. The van der Waals surface area contributed by atoms with Gasteiger partial charge in [0.25, 0.3) is 17.4 Å². The van der Waals surface area contributed by atoms with Gasteiger partial charge in [0.05, 0.1) is 10.9 Å². The molecule has 33 heavy (non-hydrogen) atoms. The summed E-state index contributed by atoms with van der Waals surface area (Å²) in [5.74, 6) is -0.484. The maximum atomic E-state index is 12.8. The van der Waals surface area contributed by atoms with E-state index < -0.39 is 23.2 Å². The molecule has 9 nitrogen and oxygen atoms in total. The van der Waals surface area contributed by atoms with Crippen molar-refractivity contribution in [2.75, 3.05) is 31.0 Å². The molecule has 0 radical (unpaired) electrons. The van der Waals surface area contributed by atoms with Gasteiger partial charge in [-0.2, -0.15) is 0 Å². The second-order valence-corrected chi connectivity index (χ2v) is 9.26. The molecule has 0 saturated carbocycles. The van der Waals surface area contributed by atoms with Crippen molar-refractivity contribution in [2.45, 2.75) is 18.3 Å². The number of rotatable bonds is 6. The Morgan fingerprint density at radius 2 is 1.88 bits per heavy atom. The number of alkyl halides is 1. The first-order chi connectivity index (χ1) is 15.7. The van der Waals surface area contributed by atoms with Crippen molar-refractivity contribution in [3.8, 4) is 0 Å². The van der Waals surface area contributed by atoms with Crippen LogP contribution >= 0.6 is 27.5 Å². The minimum absolute atomic E-state index is 0.245. The number of nitrogens with zero attached hydrogens (tertiary/aromatic N) is 4. The number of amides is 2. The van der Waals surface area contributed by atoms with Gasteiger partial charge in [-0.05, 0) is 42.8 Å². The van der Waals surface area contributed by atoms with E-state index in [2.05, 4.69) is 31.8 Å². The summed E-state index contributed by atoms with van der Waals surface area (Å²) < 4.78 is 1.97. The Morgan fingerprint density at radius 1 is 1.18 bits per heavy atom. The normalized spacial score (nSPS) is 17.6. The van der Waals surface area contributed by atoms with E-state index in [9.17, 15) is 14.4 Å². The predicted octanol–water partition coefficient (Wildman–Crippen LogP) is 2.30. The lowest BCUT2D eigenvalue weighted by molar-refractivity contribution is -0.156. The molecule has 2 atom stereocenters. The van der Waals surface area contributed by atoms with Gasteiger partial charge < -0.3 is 10.3 Å². The SMILES string of the molecule is Cc1nc2ccc(Br)cc2c(=O)n1NCC(=O)NN1C(=O)C(Cl)C1c1ccc(N(C)C)cc1. The van der Waals surface area contributed by atoms with E-state index in [1.807, 2.05) is 43.3 Å². The zero-order chi connectivity index (χ0) is 23.9. The van der Waals surface area contributed by atoms with Crippen LogP contribution in [0, 0.1) is 6.92 Å². The number of anilines is 1. The molecule has 1 aliphatic heterocycles. The molecule has 4 rings (SSSR count). The van der Waals surface area contributed by atoms with Crippen LogP contribution in [-0.4, -0.2) is 52.5 Å². The summed E-state index contributed by atoms with van der Waals surface area (Å²) in [6.45, 7) is 1.42. The topological polar surface area (TPSA) is 99.6 Å². The lowest BCUT2D eigenvalue weighted by Gasteiger charge is -2.44. The van der Waals surface area contributed by atoms with Gasteiger partial charge in [0.1, 0.15) is 23.8 Å². The predicted molar refractivity (Wildman–Crippen MR) is 131 cm³/mol. The van der Waals surface area contributed by atoms with Crippen LogP contribution in [0.4, 0.5) is 5.69 Å². The minimum Gasteiger partial charge on any atom is -0.378 e. The van der Waals surface area contributed by atoms with Crippen molar-refractivity contribution in [3.63, 3.8) is 0 Å². The number of carbonyl (C=O) groups excluding carboxylic acids is 2. The number of benzene rings is 2. The number of aryl methyl sites for hydroxylation is 1. The molecule has 172 valence electrons. The van der Waals surface area contributed by atoms with E-state index in [1.165, 1.54) is 9.69 Å². The van der Waals surface area contributed by atoms with Gasteiger partial charge in [-0.15, -0.1) is 11.6 Å². The number of nitrogens with one attached hydrogen (secondary N) is 2. The zero-order valence-electron chi connectivity index (χ0n) is 18.2. The standard InChI is InChI=1S/C22H22BrClN6O3/c1-12-26-17-9-6-14(23)10-16(17)21(32)29(12)25-11-18(31)27-30-20(19(24)22(30)33)13-4-7-15(8-5-13)28(2)3/h4-10,19-20,25H,11H2,1-3H3,(H,27,31). The van der Waals surface area contributed by atoms with Crippen LogP contribution in [-0.2, 0) is 9.59 Å². The zero-order valence-corrected chi connectivity index (χ0v) is 20.5. The van der Waals surface area contributed by atoms with Crippen LogP contribution in [0.25, 0.3) is 10.9 Å². The fourth-order valence-corrected chi connectivity index (χ4v) is 4.37. The molecule has 1 fully saturated rings. The molecule has 2 heterocycles. The first kappa shape index (κ1) is 23.1. The average Bonchev–Trinajstić information content (AvgIpc) is 2.79. The number of hydrogen-bond acceptors (Lipinski definition) is 6. The molecule has 0 spiro atoms. The van der Waals surface area contributed by atoms with Crippen molar-refractivity contribution in [1.29, 1.82) is 0 Å². The number of halogens is 2. The highest BCUT2D eigenvalue weighted by atomic mass is 79.9. The number of hydrogen-bond donors (Lipinski definition) is 2. The molecule has 0 bridgehead atoms. The summed E-state index contributed by atoms with van der Waals surface area (Å²) in [4.78, 5) is 44.1. The van der Waals surface area contributed by atoms with Crippen LogP contribution in [0.15, 0.2) is 51.7 Å². The Morgan fingerprint density at radius 3 is 2.55 bits per heavy atom. The van der Waals surface area contributed by atoms with E-state index in [4.69, 9.17) is 11.6 Å². The minimum atomic E-state index is -0.767. The second kappa shape index (κ2) is 9.03. The smallest absolute Gasteiger partial charge is 0.279 e. The van der Waals surface area contributed by atoms with Crippen molar-refractivity contribution in [1.82, 2.24) is 20.1 Å². The van der Waals surface area contributed by atoms with Crippen LogP contribution in [0.3, 0.4) is 0 Å². The molecule has 11 heteroatoms. The number of hydrazine groups is 1. The Kier molecular flexibility index (Phi) is 6.31. The summed E-state index contributed by atoms with van der Waals surface area (Å²) in [6, 6.07) is 12.3. The molecule has 1 saturated heterocycles. The number of aromatic nitrogens is 2. The Labute approximate surface area is 203 Å². The van der Waals surface area contributed by atoms with E-state index >= 15 is 0 Å². The van der Waals surface area contributed by atoms with E-state index in [1.54, 1.807) is 25.1 Å². The van der Waals surface area contributed by atoms with E-state index in [0.29, 0.717) is 16.7 Å². The summed E-state index contributed by atoms with van der Waals surface area (Å²) in [7, 11) is 3.87. The molecule has 2 unspecified atom stereocenters. The first-order valence-electron chi connectivity index (χ1n) is 10.1. The Bertz CT molecular complexity index is 1290. The van der Waals surface area contributed by atoms with Gasteiger partial charge in [0.2, 0.25) is 0 Å². The molecule has 1 aromatic heterocycles. The number of carbonyl (C=O) groups is 2. The maximum Gasteiger partial charge on any atom is 0.279 e. The van der Waals surface area contributed by atoms with Gasteiger partial charge in [-0.1, -0.05) is 28.1 Å². The highest BCUT2D eigenvalue weighted by Gasteiger charge is 2.48. The molecule has 2 aromatic carbocycles.